The summed E-state index contributed by atoms with van der Waals surface area (Å²) in [6.45, 7) is 1.29. The van der Waals surface area contributed by atoms with Crippen LogP contribution in [0.4, 0.5) is 0 Å². The molecule has 0 fully saturated rings. The lowest BCUT2D eigenvalue weighted by atomic mass is 10.7. The van der Waals surface area contributed by atoms with Gasteiger partial charge in [0.2, 0.25) is 0 Å². The number of rotatable bonds is 2. The van der Waals surface area contributed by atoms with Gasteiger partial charge in [-0.25, -0.2) is 0 Å². The molecular weight excluding hydrogens is 101 g/mol. The van der Waals surface area contributed by atoms with Crippen LogP contribution >= 0.6 is 12.4 Å². The Balaban J connectivity index is 0. The summed E-state index contributed by atoms with van der Waals surface area (Å²) in [5.74, 6) is 0. The van der Waals surface area contributed by atoms with Crippen molar-refractivity contribution in [1.82, 2.24) is 0 Å². The van der Waals surface area contributed by atoms with Crippen molar-refractivity contribution >= 4 is 12.4 Å². The first-order valence-corrected chi connectivity index (χ1v) is 1.61. The molecule has 0 amide bonds. The van der Waals surface area contributed by atoms with E-state index < -0.39 is 0 Å². The highest BCUT2D eigenvalue weighted by atomic mass is 35.5. The summed E-state index contributed by atoms with van der Waals surface area (Å²) >= 11 is 0. The fourth-order valence-electron chi connectivity index (χ4n) is 0.118. The molecule has 0 saturated carbocycles. The van der Waals surface area contributed by atoms with Crippen LogP contribution in [0, 0.1) is 0 Å². The smallest absolute Gasteiger partial charge is 0.0584 e. The largest absolute Gasteiger partial charge is 0.383 e. The highest BCUT2D eigenvalue weighted by Crippen LogP contribution is 1.53. The quantitative estimate of drug-likeness (QED) is 0.545. The zero-order valence-corrected chi connectivity index (χ0v) is 4.62. The van der Waals surface area contributed by atoms with Gasteiger partial charge in [-0.3, -0.25) is 0 Å². The molecule has 0 radical (unpaired) electrons. The molecule has 0 spiro atoms. The van der Waals surface area contributed by atoms with Gasteiger partial charge in [0, 0.05) is 13.7 Å². The molecule has 0 aliphatic heterocycles. The number of methoxy groups -OCH3 is 1. The van der Waals surface area contributed by atoms with E-state index in [1.54, 1.807) is 7.11 Å². The van der Waals surface area contributed by atoms with Crippen LogP contribution in [-0.2, 0) is 4.74 Å². The van der Waals surface area contributed by atoms with Gasteiger partial charge >= 0.3 is 0 Å². The average molecular weight is 112 g/mol. The van der Waals surface area contributed by atoms with Crippen LogP contribution in [0.3, 0.4) is 0 Å². The molecule has 0 aromatic heterocycles. The molecule has 0 rings (SSSR count). The molecule has 2 N–H and O–H groups in total. The Morgan fingerprint density at radius 3 is 2.17 bits per heavy atom. The van der Waals surface area contributed by atoms with Gasteiger partial charge in [0.15, 0.2) is 0 Å². The van der Waals surface area contributed by atoms with Crippen LogP contribution in [-0.4, -0.2) is 20.3 Å². The first-order chi connectivity index (χ1) is 2.41. The summed E-state index contributed by atoms with van der Waals surface area (Å²) in [6.07, 6.45) is 0. The molecule has 0 atom stereocenters. The van der Waals surface area contributed by atoms with E-state index in [1.165, 1.54) is 0 Å². The van der Waals surface area contributed by atoms with Crippen molar-refractivity contribution in [3.8, 4) is 0 Å². The average Bonchev–Trinajstić information content (AvgIpc) is 1.41. The summed E-state index contributed by atoms with van der Waals surface area (Å²) in [4.78, 5) is 0. The topological polar surface area (TPSA) is 35.2 Å². The first kappa shape index (κ1) is 9.51. The van der Waals surface area contributed by atoms with Crippen LogP contribution in [0.5, 0.6) is 0 Å². The summed E-state index contributed by atoms with van der Waals surface area (Å²) < 4.78 is 4.57. The predicted octanol–water partition coefficient (Wildman–Crippen LogP) is 0.0133. The van der Waals surface area contributed by atoms with E-state index in [9.17, 15) is 0 Å². The zero-order valence-electron chi connectivity index (χ0n) is 3.81. The van der Waals surface area contributed by atoms with Gasteiger partial charge in [0.1, 0.15) is 0 Å². The summed E-state index contributed by atoms with van der Waals surface area (Å²) in [6, 6.07) is 0. The maximum absolute atomic E-state index is 5.01. The van der Waals surface area contributed by atoms with Crippen LogP contribution in [0.1, 0.15) is 0 Å². The Morgan fingerprint density at radius 2 is 2.17 bits per heavy atom. The number of hydrogen-bond donors (Lipinski definition) is 1. The monoisotopic (exact) mass is 111 g/mol. The summed E-state index contributed by atoms with van der Waals surface area (Å²) in [5.41, 5.74) is 5.01. The van der Waals surface area contributed by atoms with Gasteiger partial charge in [-0.05, 0) is 0 Å². The highest BCUT2D eigenvalue weighted by Gasteiger charge is 1.65. The van der Waals surface area contributed by atoms with Crippen molar-refractivity contribution in [2.24, 2.45) is 5.73 Å². The second kappa shape index (κ2) is 8.96. The van der Waals surface area contributed by atoms with Crippen molar-refractivity contribution in [3.63, 3.8) is 0 Å². The lowest BCUT2D eigenvalue weighted by Gasteiger charge is -1.85. The maximum Gasteiger partial charge on any atom is 0.0584 e. The van der Waals surface area contributed by atoms with Gasteiger partial charge in [0.05, 0.1) is 6.61 Å². The zero-order chi connectivity index (χ0) is 4.12. The molecule has 6 heavy (non-hydrogen) atoms. The van der Waals surface area contributed by atoms with Crippen molar-refractivity contribution in [3.05, 3.63) is 0 Å². The van der Waals surface area contributed by atoms with Gasteiger partial charge in [-0.1, -0.05) is 0 Å². The van der Waals surface area contributed by atoms with E-state index in [0.29, 0.717) is 13.2 Å². The number of hydrogen-bond acceptors (Lipinski definition) is 2. The Morgan fingerprint density at radius 1 is 1.67 bits per heavy atom. The fraction of sp³-hybridized carbons (Fsp3) is 1.00. The van der Waals surface area contributed by atoms with Gasteiger partial charge in [-0.15, -0.1) is 12.4 Å². The third-order valence-electron chi connectivity index (χ3n) is 0.322. The number of nitrogens with two attached hydrogens (primary N) is 1. The fourth-order valence-corrected chi connectivity index (χ4v) is 0.118. The molecule has 0 aromatic rings. The minimum Gasteiger partial charge on any atom is -0.383 e. The third kappa shape index (κ3) is 8.88. The van der Waals surface area contributed by atoms with Gasteiger partial charge in [-0.2, -0.15) is 0 Å². The lowest BCUT2D eigenvalue weighted by Crippen LogP contribution is -2.05. The number of ether oxygens (including phenoxy) is 1. The Kier molecular flexibility index (Phi) is 14.2. The van der Waals surface area contributed by atoms with E-state index in [1.807, 2.05) is 0 Å². The van der Waals surface area contributed by atoms with E-state index >= 15 is 0 Å². The highest BCUT2D eigenvalue weighted by molar-refractivity contribution is 5.85. The Bertz CT molecular complexity index is 18.3. The Hall–Kier alpha value is 0.210. The second-order valence-electron chi connectivity index (χ2n) is 0.781. The Labute approximate surface area is 44.1 Å². The van der Waals surface area contributed by atoms with Crippen LogP contribution in [0.25, 0.3) is 0 Å². The number of halogens is 1. The molecule has 0 unspecified atom stereocenters. The van der Waals surface area contributed by atoms with E-state index in [2.05, 4.69) is 4.74 Å². The van der Waals surface area contributed by atoms with Crippen molar-refractivity contribution < 1.29 is 4.74 Å². The molecule has 0 aromatic carbocycles. The SMILES string of the molecule is COCCN.Cl. The molecule has 40 valence electrons. The van der Waals surface area contributed by atoms with E-state index in [0.717, 1.165) is 0 Å². The lowest BCUT2D eigenvalue weighted by molar-refractivity contribution is 0.207. The summed E-state index contributed by atoms with van der Waals surface area (Å²) in [7, 11) is 1.63. The van der Waals surface area contributed by atoms with Crippen LogP contribution in [0.2, 0.25) is 0 Å². The van der Waals surface area contributed by atoms with Crippen molar-refractivity contribution in [2.75, 3.05) is 20.3 Å². The van der Waals surface area contributed by atoms with Crippen LogP contribution in [0.15, 0.2) is 0 Å². The van der Waals surface area contributed by atoms with Crippen LogP contribution < -0.4 is 5.73 Å². The minimum absolute atomic E-state index is 0. The molecule has 0 aliphatic carbocycles. The van der Waals surface area contributed by atoms with Crippen molar-refractivity contribution in [1.29, 1.82) is 0 Å². The van der Waals surface area contributed by atoms with E-state index in [4.69, 9.17) is 5.73 Å². The van der Waals surface area contributed by atoms with Gasteiger partial charge in [0.25, 0.3) is 0 Å². The molecule has 3 heteroatoms. The predicted molar refractivity (Wildman–Crippen MR) is 28.2 cm³/mol. The molecule has 0 heterocycles. The van der Waals surface area contributed by atoms with Gasteiger partial charge < -0.3 is 10.5 Å². The molecule has 0 bridgehead atoms. The summed E-state index contributed by atoms with van der Waals surface area (Å²) in [5, 5.41) is 0. The van der Waals surface area contributed by atoms with Crippen molar-refractivity contribution in [2.45, 2.75) is 0 Å². The normalized spacial score (nSPS) is 7.00. The third-order valence-corrected chi connectivity index (χ3v) is 0.322. The first-order valence-electron chi connectivity index (χ1n) is 1.61. The molecule has 0 aliphatic rings. The second-order valence-corrected chi connectivity index (χ2v) is 0.781. The standard InChI is InChI=1S/C3H9NO.ClH/c1-5-3-2-4;/h2-4H2,1H3;1H. The van der Waals surface area contributed by atoms with E-state index in [-0.39, 0.29) is 12.4 Å². The molecule has 0 saturated heterocycles. The molecule has 2 nitrogen and oxygen atoms in total. The minimum atomic E-state index is 0. The molecular formula is C3H10ClNO. The maximum atomic E-state index is 5.01.